The summed E-state index contributed by atoms with van der Waals surface area (Å²) in [7, 11) is 0. The summed E-state index contributed by atoms with van der Waals surface area (Å²) in [4.78, 5) is 12.5. The number of amides is 1. The van der Waals surface area contributed by atoms with Crippen LogP contribution in [-0.2, 0) is 17.6 Å². The highest BCUT2D eigenvalue weighted by atomic mass is 32.2. The third-order valence-electron chi connectivity index (χ3n) is 4.17. The van der Waals surface area contributed by atoms with Crippen LogP contribution in [0.2, 0.25) is 0 Å². The van der Waals surface area contributed by atoms with Gasteiger partial charge in [0.2, 0.25) is 5.13 Å². The van der Waals surface area contributed by atoms with Crippen LogP contribution in [0.3, 0.4) is 0 Å². The predicted molar refractivity (Wildman–Crippen MR) is 103 cm³/mol. The van der Waals surface area contributed by atoms with Crippen LogP contribution in [0.5, 0.6) is 5.75 Å². The maximum absolute atomic E-state index is 12.5. The maximum Gasteiger partial charge on any atom is 0.267 e. The molecular formula is C18H23N3O2S2. The monoisotopic (exact) mass is 377 g/mol. The second kappa shape index (κ2) is 8.67. The number of fused-ring (bicyclic) bond motifs is 1. The number of anilines is 1. The summed E-state index contributed by atoms with van der Waals surface area (Å²) in [5.74, 6) is 1.52. The third kappa shape index (κ3) is 4.73. The zero-order valence-corrected chi connectivity index (χ0v) is 16.2. The molecule has 5 nitrogen and oxygen atoms in total. The van der Waals surface area contributed by atoms with Crippen molar-refractivity contribution in [3.05, 3.63) is 29.3 Å². The highest BCUT2D eigenvalue weighted by molar-refractivity contribution is 8.01. The normalized spacial score (nSPS) is 14.6. The van der Waals surface area contributed by atoms with Crippen LogP contribution in [0.1, 0.15) is 44.2 Å². The van der Waals surface area contributed by atoms with Gasteiger partial charge in [0.1, 0.15) is 5.75 Å². The van der Waals surface area contributed by atoms with Gasteiger partial charge in [-0.3, -0.25) is 10.1 Å². The van der Waals surface area contributed by atoms with Crippen LogP contribution in [0.25, 0.3) is 0 Å². The Balaban J connectivity index is 1.63. The molecule has 1 aromatic carbocycles. The molecule has 1 N–H and O–H groups in total. The van der Waals surface area contributed by atoms with E-state index < -0.39 is 6.10 Å². The molecular weight excluding hydrogens is 354 g/mol. The molecule has 2 aromatic rings. The molecule has 0 saturated heterocycles. The number of thioether (sulfide) groups is 1. The fourth-order valence-corrected chi connectivity index (χ4v) is 4.55. The number of aryl methyl sites for hydroxylation is 2. The van der Waals surface area contributed by atoms with Crippen LogP contribution < -0.4 is 10.1 Å². The van der Waals surface area contributed by atoms with Gasteiger partial charge in [-0.15, -0.1) is 10.2 Å². The van der Waals surface area contributed by atoms with E-state index in [2.05, 4.69) is 34.6 Å². The minimum atomic E-state index is -0.534. The van der Waals surface area contributed by atoms with E-state index in [1.54, 1.807) is 11.8 Å². The molecule has 0 radical (unpaired) electrons. The lowest BCUT2D eigenvalue weighted by atomic mass is 9.92. The minimum Gasteiger partial charge on any atom is -0.481 e. The Labute approximate surface area is 156 Å². The van der Waals surface area contributed by atoms with E-state index in [1.165, 1.54) is 35.3 Å². The van der Waals surface area contributed by atoms with E-state index in [-0.39, 0.29) is 5.91 Å². The minimum absolute atomic E-state index is 0.176. The number of carbonyl (C=O) groups excluding carboxylic acids is 1. The highest BCUT2D eigenvalue weighted by Crippen LogP contribution is 2.27. The van der Waals surface area contributed by atoms with Crippen molar-refractivity contribution in [1.29, 1.82) is 0 Å². The Morgan fingerprint density at radius 3 is 2.84 bits per heavy atom. The van der Waals surface area contributed by atoms with Gasteiger partial charge in [-0.1, -0.05) is 43.0 Å². The first-order valence-electron chi connectivity index (χ1n) is 8.75. The Morgan fingerprint density at radius 1 is 1.28 bits per heavy atom. The second-order valence-corrected chi connectivity index (χ2v) is 8.44. The van der Waals surface area contributed by atoms with Gasteiger partial charge in [-0.25, -0.2) is 0 Å². The molecule has 3 rings (SSSR count). The van der Waals surface area contributed by atoms with Gasteiger partial charge in [0.25, 0.3) is 5.91 Å². The topological polar surface area (TPSA) is 64.1 Å². The summed E-state index contributed by atoms with van der Waals surface area (Å²) in [6, 6.07) is 6.19. The van der Waals surface area contributed by atoms with Crippen LogP contribution in [0.4, 0.5) is 5.13 Å². The predicted octanol–water partition coefficient (Wildman–Crippen LogP) is 4.33. The van der Waals surface area contributed by atoms with Crippen LogP contribution in [-0.4, -0.2) is 28.0 Å². The van der Waals surface area contributed by atoms with Crippen LogP contribution in [0, 0.1) is 0 Å². The van der Waals surface area contributed by atoms with E-state index in [1.807, 2.05) is 13.0 Å². The van der Waals surface area contributed by atoms with Crippen molar-refractivity contribution >= 4 is 34.1 Å². The summed E-state index contributed by atoms with van der Waals surface area (Å²) in [5, 5.41) is 11.4. The highest BCUT2D eigenvalue weighted by Gasteiger charge is 2.21. The molecule has 1 aliphatic rings. The van der Waals surface area contributed by atoms with Crippen LogP contribution in [0.15, 0.2) is 22.5 Å². The van der Waals surface area contributed by atoms with Gasteiger partial charge in [-0.2, -0.15) is 0 Å². The Hall–Kier alpha value is -1.60. The standard InChI is InChI=1S/C18H23N3O2S2/c1-3-15(16(22)19-17-20-21-18(25-17)24-4-2)23-14-10-9-12-7-5-6-8-13(12)11-14/h9-11,15H,3-8H2,1-2H3,(H,19,20,22)/t15-/m1/s1. The number of nitrogens with zero attached hydrogens (tertiary/aromatic N) is 2. The molecule has 1 atom stereocenters. The number of ether oxygens (including phenoxy) is 1. The fraction of sp³-hybridized carbons (Fsp3) is 0.500. The third-order valence-corrected chi connectivity index (χ3v) is 6.02. The number of hydrogen-bond donors (Lipinski definition) is 1. The van der Waals surface area contributed by atoms with Crippen molar-refractivity contribution in [2.75, 3.05) is 11.1 Å². The Kier molecular flexibility index (Phi) is 6.31. The van der Waals surface area contributed by atoms with E-state index in [9.17, 15) is 4.79 Å². The molecule has 0 bridgehead atoms. The zero-order valence-electron chi connectivity index (χ0n) is 14.6. The van der Waals surface area contributed by atoms with Crippen molar-refractivity contribution in [3.8, 4) is 5.75 Å². The quantitative estimate of drug-likeness (QED) is 0.575. The van der Waals surface area contributed by atoms with Gasteiger partial charge in [-0.05, 0) is 61.1 Å². The lowest BCUT2D eigenvalue weighted by Crippen LogP contribution is -2.32. The number of benzene rings is 1. The lowest BCUT2D eigenvalue weighted by Gasteiger charge is -2.20. The number of aromatic nitrogens is 2. The summed E-state index contributed by atoms with van der Waals surface area (Å²) >= 11 is 3.01. The molecule has 134 valence electrons. The number of carbonyl (C=O) groups is 1. The Morgan fingerprint density at radius 2 is 2.08 bits per heavy atom. The summed E-state index contributed by atoms with van der Waals surface area (Å²) < 4.78 is 6.82. The summed E-state index contributed by atoms with van der Waals surface area (Å²) in [6.07, 6.45) is 4.78. The average molecular weight is 378 g/mol. The van der Waals surface area contributed by atoms with Gasteiger partial charge in [0.05, 0.1) is 0 Å². The van der Waals surface area contributed by atoms with E-state index >= 15 is 0 Å². The first kappa shape index (κ1) is 18.2. The lowest BCUT2D eigenvalue weighted by molar-refractivity contribution is -0.122. The summed E-state index contributed by atoms with van der Waals surface area (Å²) in [6.45, 7) is 4.00. The van der Waals surface area contributed by atoms with Gasteiger partial charge < -0.3 is 4.74 Å². The van der Waals surface area contributed by atoms with Gasteiger partial charge in [0, 0.05) is 0 Å². The molecule has 0 fully saturated rings. The van der Waals surface area contributed by atoms with Crippen LogP contribution >= 0.6 is 23.1 Å². The first-order chi connectivity index (χ1) is 12.2. The molecule has 0 saturated carbocycles. The second-order valence-electron chi connectivity index (χ2n) is 5.95. The molecule has 7 heteroatoms. The number of rotatable bonds is 7. The average Bonchev–Trinajstić information content (AvgIpc) is 3.06. The largest absolute Gasteiger partial charge is 0.481 e. The maximum atomic E-state index is 12.5. The van der Waals surface area contributed by atoms with Crippen molar-refractivity contribution < 1.29 is 9.53 Å². The van der Waals surface area contributed by atoms with Crippen molar-refractivity contribution in [3.63, 3.8) is 0 Å². The zero-order chi connectivity index (χ0) is 17.6. The van der Waals surface area contributed by atoms with Crippen molar-refractivity contribution in [1.82, 2.24) is 10.2 Å². The fourth-order valence-electron chi connectivity index (χ4n) is 2.90. The van der Waals surface area contributed by atoms with E-state index in [4.69, 9.17) is 4.74 Å². The van der Waals surface area contributed by atoms with Gasteiger partial charge in [0.15, 0.2) is 10.4 Å². The van der Waals surface area contributed by atoms with E-state index in [0.717, 1.165) is 28.7 Å². The van der Waals surface area contributed by atoms with Crippen molar-refractivity contribution in [2.24, 2.45) is 0 Å². The molecule has 0 aliphatic heterocycles. The molecule has 1 aliphatic carbocycles. The van der Waals surface area contributed by atoms with Gasteiger partial charge >= 0.3 is 0 Å². The first-order valence-corrected chi connectivity index (χ1v) is 10.6. The molecule has 25 heavy (non-hydrogen) atoms. The summed E-state index contributed by atoms with van der Waals surface area (Å²) in [5.41, 5.74) is 2.76. The smallest absolute Gasteiger partial charge is 0.267 e. The molecule has 0 spiro atoms. The molecule has 1 amide bonds. The number of nitrogens with one attached hydrogen (secondary N) is 1. The molecule has 1 heterocycles. The number of hydrogen-bond acceptors (Lipinski definition) is 6. The SMILES string of the molecule is CCSc1nnc(NC(=O)[C@@H](CC)Oc2ccc3c(c2)CCCC3)s1. The Bertz CT molecular complexity index is 733. The van der Waals surface area contributed by atoms with E-state index in [0.29, 0.717) is 11.6 Å². The molecule has 0 unspecified atom stereocenters. The molecule has 1 aromatic heterocycles. The van der Waals surface area contributed by atoms with Crippen molar-refractivity contribution in [2.45, 2.75) is 56.4 Å².